The van der Waals surface area contributed by atoms with Crippen molar-refractivity contribution in [1.29, 1.82) is 0 Å². The summed E-state index contributed by atoms with van der Waals surface area (Å²) in [7, 11) is 0. The third-order valence-corrected chi connectivity index (χ3v) is 1.87. The zero-order chi connectivity index (χ0) is 7.84. The van der Waals surface area contributed by atoms with E-state index < -0.39 is 0 Å². The minimum Gasteiger partial charge on any atom is -0.426 e. The number of halogens is 2. The van der Waals surface area contributed by atoms with Gasteiger partial charge in [0, 0.05) is 12.3 Å². The molecule has 0 saturated heterocycles. The van der Waals surface area contributed by atoms with Crippen molar-refractivity contribution in [3.8, 4) is 0 Å². The number of rotatable bonds is 0. The van der Waals surface area contributed by atoms with Crippen LogP contribution < -0.4 is 0 Å². The molecule has 0 fully saturated rings. The molecule has 56 valence electrons. The van der Waals surface area contributed by atoms with Crippen molar-refractivity contribution in [1.82, 2.24) is 4.98 Å². The molecule has 0 atom stereocenters. The summed E-state index contributed by atoms with van der Waals surface area (Å²) >= 11 is 11.4. The number of aromatic nitrogens is 1. The van der Waals surface area contributed by atoms with Gasteiger partial charge in [0.2, 0.25) is 5.71 Å². The first-order chi connectivity index (χ1) is 5.27. The van der Waals surface area contributed by atoms with E-state index in [2.05, 4.69) is 4.98 Å². The molecule has 0 aliphatic rings. The Morgan fingerprint density at radius 3 is 2.91 bits per heavy atom. The van der Waals surface area contributed by atoms with Gasteiger partial charge in [-0.2, -0.15) is 0 Å². The topological polar surface area (TPSA) is 26.0 Å². The van der Waals surface area contributed by atoms with E-state index in [1.54, 1.807) is 18.3 Å². The highest BCUT2D eigenvalue weighted by atomic mass is 35.5. The van der Waals surface area contributed by atoms with Gasteiger partial charge in [0.15, 0.2) is 5.22 Å². The lowest BCUT2D eigenvalue weighted by Gasteiger charge is -1.87. The van der Waals surface area contributed by atoms with Crippen LogP contribution in [0.1, 0.15) is 0 Å². The Kier molecular flexibility index (Phi) is 1.51. The van der Waals surface area contributed by atoms with Crippen molar-refractivity contribution in [3.63, 3.8) is 0 Å². The maximum atomic E-state index is 5.81. The summed E-state index contributed by atoms with van der Waals surface area (Å²) in [6.07, 6.45) is 1.57. The Morgan fingerprint density at radius 1 is 1.36 bits per heavy atom. The van der Waals surface area contributed by atoms with Crippen LogP contribution in [0.2, 0.25) is 10.2 Å². The summed E-state index contributed by atoms with van der Waals surface area (Å²) in [6.45, 7) is 0. The molecule has 2 nitrogen and oxygen atoms in total. The monoisotopic (exact) mass is 187 g/mol. The normalized spacial score (nSPS) is 10.7. The lowest BCUT2D eigenvalue weighted by atomic mass is 10.3. The van der Waals surface area contributed by atoms with Crippen LogP contribution >= 0.6 is 23.2 Å². The van der Waals surface area contributed by atoms with Crippen molar-refractivity contribution in [2.75, 3.05) is 0 Å². The molecule has 4 heteroatoms. The zero-order valence-corrected chi connectivity index (χ0v) is 6.86. The molecule has 2 heterocycles. The highest BCUT2D eigenvalue weighted by Gasteiger charge is 2.04. The summed E-state index contributed by atoms with van der Waals surface area (Å²) in [6, 6.07) is 3.34. The van der Waals surface area contributed by atoms with Crippen LogP contribution in [-0.2, 0) is 0 Å². The van der Waals surface area contributed by atoms with Gasteiger partial charge < -0.3 is 4.42 Å². The van der Waals surface area contributed by atoms with E-state index in [0.717, 1.165) is 5.39 Å². The van der Waals surface area contributed by atoms with Gasteiger partial charge in [-0.3, -0.25) is 0 Å². The largest absolute Gasteiger partial charge is 0.426 e. The summed E-state index contributed by atoms with van der Waals surface area (Å²) in [4.78, 5) is 3.93. The maximum Gasteiger partial charge on any atom is 0.229 e. The number of hydrogen-bond donors (Lipinski definition) is 0. The quantitative estimate of drug-likeness (QED) is 0.634. The van der Waals surface area contributed by atoms with E-state index in [0.29, 0.717) is 16.0 Å². The number of hydrogen-bond acceptors (Lipinski definition) is 2. The molecule has 0 radical (unpaired) electrons. The average Bonchev–Trinajstić information content (AvgIpc) is 2.31. The van der Waals surface area contributed by atoms with Gasteiger partial charge in [-0.05, 0) is 17.7 Å². The Balaban J connectivity index is 2.90. The molecule has 2 aromatic heterocycles. The Morgan fingerprint density at radius 2 is 2.18 bits per heavy atom. The van der Waals surface area contributed by atoms with Crippen molar-refractivity contribution in [2.24, 2.45) is 0 Å². The number of pyridine rings is 1. The second-order valence-corrected chi connectivity index (χ2v) is 2.84. The van der Waals surface area contributed by atoms with Crippen molar-refractivity contribution < 1.29 is 4.42 Å². The van der Waals surface area contributed by atoms with Crippen LogP contribution in [0.5, 0.6) is 0 Å². The molecule has 0 unspecified atom stereocenters. The molecule has 0 aromatic carbocycles. The molecule has 11 heavy (non-hydrogen) atoms. The molecule has 0 aliphatic heterocycles. The third kappa shape index (κ3) is 1.08. The van der Waals surface area contributed by atoms with E-state index in [9.17, 15) is 0 Å². The van der Waals surface area contributed by atoms with E-state index in [1.165, 1.54) is 0 Å². The number of fused-ring (bicyclic) bond motifs is 1. The van der Waals surface area contributed by atoms with Crippen molar-refractivity contribution >= 4 is 34.3 Å². The zero-order valence-electron chi connectivity index (χ0n) is 5.34. The van der Waals surface area contributed by atoms with Crippen LogP contribution in [0.15, 0.2) is 22.7 Å². The predicted octanol–water partition coefficient (Wildman–Crippen LogP) is 3.13. The van der Waals surface area contributed by atoms with E-state index in [1.807, 2.05) is 0 Å². The van der Waals surface area contributed by atoms with Crippen LogP contribution in [0.25, 0.3) is 11.1 Å². The van der Waals surface area contributed by atoms with E-state index in [4.69, 9.17) is 27.6 Å². The summed E-state index contributed by atoms with van der Waals surface area (Å²) in [5.74, 6) is 0. The van der Waals surface area contributed by atoms with Gasteiger partial charge in [-0.25, -0.2) is 4.98 Å². The second-order valence-electron chi connectivity index (χ2n) is 2.06. The SMILES string of the molecule is Clc1cc2c(Cl)ccnc2o1. The van der Waals surface area contributed by atoms with Gasteiger partial charge >= 0.3 is 0 Å². The highest BCUT2D eigenvalue weighted by molar-refractivity contribution is 6.36. The van der Waals surface area contributed by atoms with Crippen LogP contribution in [0.3, 0.4) is 0 Å². The summed E-state index contributed by atoms with van der Waals surface area (Å²) in [5.41, 5.74) is 0.475. The minimum atomic E-state index is 0.306. The van der Waals surface area contributed by atoms with E-state index >= 15 is 0 Å². The summed E-state index contributed by atoms with van der Waals surface area (Å²) in [5, 5.41) is 1.66. The molecule has 0 N–H and O–H groups in total. The third-order valence-electron chi connectivity index (χ3n) is 1.35. The molecule has 0 spiro atoms. The van der Waals surface area contributed by atoms with Gasteiger partial charge in [0.1, 0.15) is 0 Å². The molecule has 0 aliphatic carbocycles. The molecule has 0 amide bonds. The fourth-order valence-electron chi connectivity index (χ4n) is 0.879. The highest BCUT2D eigenvalue weighted by Crippen LogP contribution is 2.26. The van der Waals surface area contributed by atoms with Gasteiger partial charge in [0.25, 0.3) is 0 Å². The average molecular weight is 188 g/mol. The van der Waals surface area contributed by atoms with E-state index in [-0.39, 0.29) is 0 Å². The fourth-order valence-corrected chi connectivity index (χ4v) is 1.25. The number of furan rings is 1. The lowest BCUT2D eigenvalue weighted by Crippen LogP contribution is -1.70. The molecular weight excluding hydrogens is 185 g/mol. The van der Waals surface area contributed by atoms with Crippen LogP contribution in [-0.4, -0.2) is 4.98 Å². The standard InChI is InChI=1S/C7H3Cl2NO/c8-5-1-2-10-7-4(5)3-6(9)11-7/h1-3H. The van der Waals surface area contributed by atoms with Gasteiger partial charge in [-0.15, -0.1) is 0 Å². The fraction of sp³-hybridized carbons (Fsp3) is 0. The molecule has 0 bridgehead atoms. The Labute approximate surface area is 72.7 Å². The lowest BCUT2D eigenvalue weighted by molar-refractivity contribution is 0.605. The second kappa shape index (κ2) is 2.40. The number of nitrogens with zero attached hydrogens (tertiary/aromatic N) is 1. The maximum absolute atomic E-state index is 5.81. The van der Waals surface area contributed by atoms with Crippen LogP contribution in [0, 0.1) is 0 Å². The molecular formula is C7H3Cl2NO. The van der Waals surface area contributed by atoms with Gasteiger partial charge in [-0.1, -0.05) is 11.6 Å². The van der Waals surface area contributed by atoms with Crippen molar-refractivity contribution in [2.45, 2.75) is 0 Å². The Bertz CT molecular complexity index is 396. The predicted molar refractivity (Wildman–Crippen MR) is 44.0 cm³/mol. The first-order valence-corrected chi connectivity index (χ1v) is 3.72. The smallest absolute Gasteiger partial charge is 0.229 e. The first kappa shape index (κ1) is 6.95. The minimum absolute atomic E-state index is 0.306. The van der Waals surface area contributed by atoms with Crippen LogP contribution in [0.4, 0.5) is 0 Å². The van der Waals surface area contributed by atoms with Gasteiger partial charge in [0.05, 0.1) is 10.4 Å². The first-order valence-electron chi connectivity index (χ1n) is 2.97. The van der Waals surface area contributed by atoms with Crippen molar-refractivity contribution in [3.05, 3.63) is 28.6 Å². The molecule has 2 aromatic rings. The Hall–Kier alpha value is -0.730. The molecule has 2 rings (SSSR count). The molecule has 0 saturated carbocycles. The summed E-state index contributed by atoms with van der Waals surface area (Å²) < 4.78 is 5.02.